The molecule has 0 saturated carbocycles. The van der Waals surface area contributed by atoms with Crippen LogP contribution in [0.1, 0.15) is 16.1 Å². The molecule has 1 amide bonds. The summed E-state index contributed by atoms with van der Waals surface area (Å²) in [7, 11) is 3.15. The minimum absolute atomic E-state index is 0.0618. The lowest BCUT2D eigenvalue weighted by Gasteiger charge is -2.17. The van der Waals surface area contributed by atoms with Gasteiger partial charge in [-0.05, 0) is 29.8 Å². The molecule has 1 aromatic heterocycles. The van der Waals surface area contributed by atoms with E-state index in [9.17, 15) is 9.90 Å². The third kappa shape index (κ3) is 3.64. The monoisotopic (exact) mass is 306 g/mol. The second-order valence-electron chi connectivity index (χ2n) is 4.53. The lowest BCUT2D eigenvalue weighted by atomic mass is 10.2. The molecule has 0 bridgehead atoms. The van der Waals surface area contributed by atoms with E-state index in [1.807, 2.05) is 0 Å². The van der Waals surface area contributed by atoms with Crippen molar-refractivity contribution in [1.29, 1.82) is 0 Å². The Morgan fingerprint density at radius 2 is 2.14 bits per heavy atom. The number of rotatable bonds is 4. The fourth-order valence-corrected chi connectivity index (χ4v) is 2.04. The zero-order valence-electron chi connectivity index (χ0n) is 11.7. The Balaban J connectivity index is 2.14. The van der Waals surface area contributed by atoms with Crippen molar-refractivity contribution in [2.24, 2.45) is 0 Å². The molecule has 110 valence electrons. The van der Waals surface area contributed by atoms with E-state index in [-0.39, 0.29) is 17.4 Å². The minimum atomic E-state index is -0.232. The number of aromatic hydroxyl groups is 1. The molecule has 0 spiro atoms. The lowest BCUT2D eigenvalue weighted by Crippen LogP contribution is -2.26. The molecule has 2 rings (SSSR count). The third-order valence-corrected chi connectivity index (χ3v) is 3.19. The molecule has 0 atom stereocenters. The zero-order valence-corrected chi connectivity index (χ0v) is 12.5. The van der Waals surface area contributed by atoms with Gasteiger partial charge in [-0.15, -0.1) is 0 Å². The fourth-order valence-electron chi connectivity index (χ4n) is 1.88. The van der Waals surface area contributed by atoms with Crippen LogP contribution >= 0.6 is 11.6 Å². The maximum absolute atomic E-state index is 12.2. The first kappa shape index (κ1) is 15.1. The summed E-state index contributed by atoms with van der Waals surface area (Å²) in [6.45, 7) is 0.365. The SMILES string of the molecule is COc1cc(CN(C)C(=O)c2cc(Cl)ccn2)ccc1O. The Hall–Kier alpha value is -2.27. The molecule has 0 unspecified atom stereocenters. The summed E-state index contributed by atoms with van der Waals surface area (Å²) in [6, 6.07) is 8.09. The van der Waals surface area contributed by atoms with E-state index in [1.54, 1.807) is 25.2 Å². The highest BCUT2D eigenvalue weighted by molar-refractivity contribution is 6.30. The molecule has 1 heterocycles. The zero-order chi connectivity index (χ0) is 15.4. The Morgan fingerprint density at radius 3 is 2.81 bits per heavy atom. The van der Waals surface area contributed by atoms with Gasteiger partial charge in [-0.25, -0.2) is 0 Å². The first-order valence-corrected chi connectivity index (χ1v) is 6.62. The number of halogens is 1. The number of ether oxygens (including phenoxy) is 1. The standard InChI is InChI=1S/C15H15ClN2O3/c1-18(15(20)12-8-11(16)5-6-17-12)9-10-3-4-13(19)14(7-10)21-2/h3-8,19H,9H2,1-2H3. The number of hydrogen-bond donors (Lipinski definition) is 1. The molecule has 0 radical (unpaired) electrons. The number of phenols is 1. The minimum Gasteiger partial charge on any atom is -0.504 e. The van der Waals surface area contributed by atoms with Crippen LogP contribution in [-0.4, -0.2) is 35.1 Å². The summed E-state index contributed by atoms with van der Waals surface area (Å²) in [5.41, 5.74) is 1.12. The number of benzene rings is 1. The van der Waals surface area contributed by atoms with Crippen LogP contribution in [0.4, 0.5) is 0 Å². The Labute approximate surface area is 127 Å². The summed E-state index contributed by atoms with van der Waals surface area (Å²) in [5.74, 6) is 0.200. The van der Waals surface area contributed by atoms with Gasteiger partial charge in [-0.1, -0.05) is 17.7 Å². The predicted octanol–water partition coefficient (Wildman–Crippen LogP) is 2.72. The number of methoxy groups -OCH3 is 1. The number of carbonyl (C=O) groups excluding carboxylic acids is 1. The van der Waals surface area contributed by atoms with Gasteiger partial charge in [-0.3, -0.25) is 9.78 Å². The van der Waals surface area contributed by atoms with Gasteiger partial charge in [0.15, 0.2) is 11.5 Å². The number of nitrogens with zero attached hydrogens (tertiary/aromatic N) is 2. The van der Waals surface area contributed by atoms with Crippen LogP contribution in [0.2, 0.25) is 5.02 Å². The first-order valence-electron chi connectivity index (χ1n) is 6.24. The Kier molecular flexibility index (Phi) is 4.65. The highest BCUT2D eigenvalue weighted by atomic mass is 35.5. The topological polar surface area (TPSA) is 62.7 Å². The van der Waals surface area contributed by atoms with Gasteiger partial charge in [-0.2, -0.15) is 0 Å². The van der Waals surface area contributed by atoms with Crippen LogP contribution < -0.4 is 4.74 Å². The normalized spacial score (nSPS) is 10.2. The van der Waals surface area contributed by atoms with E-state index in [0.717, 1.165) is 5.56 Å². The van der Waals surface area contributed by atoms with Crippen LogP contribution in [-0.2, 0) is 6.54 Å². The van der Waals surface area contributed by atoms with Crippen molar-refractivity contribution >= 4 is 17.5 Å². The van der Waals surface area contributed by atoms with Crippen molar-refractivity contribution in [2.45, 2.75) is 6.54 Å². The van der Waals surface area contributed by atoms with E-state index >= 15 is 0 Å². The summed E-state index contributed by atoms with van der Waals surface area (Å²) >= 11 is 5.86. The summed E-state index contributed by atoms with van der Waals surface area (Å²) < 4.78 is 5.04. The summed E-state index contributed by atoms with van der Waals surface area (Å²) in [4.78, 5) is 17.8. The molecule has 0 aliphatic carbocycles. The summed E-state index contributed by atoms with van der Waals surface area (Å²) in [6.07, 6.45) is 1.49. The molecule has 5 nitrogen and oxygen atoms in total. The van der Waals surface area contributed by atoms with Gasteiger partial charge in [0, 0.05) is 24.8 Å². The van der Waals surface area contributed by atoms with E-state index in [0.29, 0.717) is 17.3 Å². The van der Waals surface area contributed by atoms with Gasteiger partial charge < -0.3 is 14.7 Å². The highest BCUT2D eigenvalue weighted by Gasteiger charge is 2.14. The second-order valence-corrected chi connectivity index (χ2v) is 4.96. The molecule has 0 aliphatic heterocycles. The van der Waals surface area contributed by atoms with Crippen molar-refractivity contribution in [3.8, 4) is 11.5 Å². The molecule has 0 aliphatic rings. The van der Waals surface area contributed by atoms with Crippen LogP contribution in [0.15, 0.2) is 36.5 Å². The number of carbonyl (C=O) groups is 1. The van der Waals surface area contributed by atoms with Gasteiger partial charge >= 0.3 is 0 Å². The maximum atomic E-state index is 12.2. The maximum Gasteiger partial charge on any atom is 0.272 e. The first-order chi connectivity index (χ1) is 10.0. The van der Waals surface area contributed by atoms with Crippen molar-refractivity contribution in [2.75, 3.05) is 14.2 Å². The fraction of sp³-hybridized carbons (Fsp3) is 0.200. The molecule has 2 aromatic rings. The number of pyridine rings is 1. The van der Waals surface area contributed by atoms with Crippen molar-refractivity contribution in [1.82, 2.24) is 9.88 Å². The average Bonchev–Trinajstić information content (AvgIpc) is 2.48. The van der Waals surface area contributed by atoms with Crippen LogP contribution in [0, 0.1) is 0 Å². The van der Waals surface area contributed by atoms with E-state index in [4.69, 9.17) is 16.3 Å². The molecule has 0 fully saturated rings. The molecule has 21 heavy (non-hydrogen) atoms. The quantitative estimate of drug-likeness (QED) is 0.943. The smallest absolute Gasteiger partial charge is 0.272 e. The Morgan fingerprint density at radius 1 is 1.38 bits per heavy atom. The number of phenolic OH excluding ortho intramolecular Hbond substituents is 1. The van der Waals surface area contributed by atoms with Crippen molar-refractivity contribution in [3.05, 3.63) is 52.8 Å². The van der Waals surface area contributed by atoms with Crippen LogP contribution in [0.5, 0.6) is 11.5 Å². The van der Waals surface area contributed by atoms with E-state index in [2.05, 4.69) is 4.98 Å². The highest BCUT2D eigenvalue weighted by Crippen LogP contribution is 2.26. The number of amides is 1. The molecule has 1 N–H and O–H groups in total. The van der Waals surface area contributed by atoms with Gasteiger partial charge in [0.25, 0.3) is 5.91 Å². The third-order valence-electron chi connectivity index (χ3n) is 2.95. The molecule has 1 aromatic carbocycles. The molecule has 0 saturated heterocycles. The van der Waals surface area contributed by atoms with E-state index < -0.39 is 0 Å². The van der Waals surface area contributed by atoms with Gasteiger partial charge in [0.05, 0.1) is 7.11 Å². The largest absolute Gasteiger partial charge is 0.504 e. The molecular weight excluding hydrogens is 292 g/mol. The molecular formula is C15H15ClN2O3. The van der Waals surface area contributed by atoms with Gasteiger partial charge in [0.1, 0.15) is 5.69 Å². The van der Waals surface area contributed by atoms with Gasteiger partial charge in [0.2, 0.25) is 0 Å². The molecule has 6 heteroatoms. The second kappa shape index (κ2) is 6.45. The van der Waals surface area contributed by atoms with E-state index in [1.165, 1.54) is 30.3 Å². The van der Waals surface area contributed by atoms with Crippen molar-refractivity contribution in [3.63, 3.8) is 0 Å². The average molecular weight is 307 g/mol. The van der Waals surface area contributed by atoms with Crippen LogP contribution in [0.3, 0.4) is 0 Å². The summed E-state index contributed by atoms with van der Waals surface area (Å²) in [5, 5.41) is 10.0. The number of aromatic nitrogens is 1. The van der Waals surface area contributed by atoms with Crippen LogP contribution in [0.25, 0.3) is 0 Å². The lowest BCUT2D eigenvalue weighted by molar-refractivity contribution is 0.0779. The number of hydrogen-bond acceptors (Lipinski definition) is 4. The predicted molar refractivity (Wildman–Crippen MR) is 79.7 cm³/mol. The van der Waals surface area contributed by atoms with Crippen molar-refractivity contribution < 1.29 is 14.6 Å². The Bertz CT molecular complexity index is 661.